The second-order valence-electron chi connectivity index (χ2n) is 4.62. The molecule has 0 saturated carbocycles. The molecule has 6 heteroatoms. The fraction of sp³-hybridized carbons (Fsp3) is 0.500. The van der Waals surface area contributed by atoms with E-state index in [1.165, 1.54) is 0 Å². The molecule has 1 unspecified atom stereocenters. The third-order valence-corrected chi connectivity index (χ3v) is 3.58. The number of aromatic nitrogens is 1. The molecular weight excluding hydrogens is 298 g/mol. The second-order valence-corrected chi connectivity index (χ2v) is 5.54. The molecule has 1 atom stereocenters. The summed E-state index contributed by atoms with van der Waals surface area (Å²) in [5.74, 6) is -0.120. The molecule has 0 bridgehead atoms. The number of nitrogens with one attached hydrogen (secondary N) is 1. The Morgan fingerprint density at radius 1 is 1.50 bits per heavy atom. The summed E-state index contributed by atoms with van der Waals surface area (Å²) in [5, 5.41) is 0. The van der Waals surface area contributed by atoms with Gasteiger partial charge in [-0.15, -0.1) is 0 Å². The van der Waals surface area contributed by atoms with Crippen molar-refractivity contribution in [1.82, 2.24) is 14.8 Å². The number of carbonyl (C=O) groups excluding carboxylic acids is 2. The molecule has 0 aliphatic carbocycles. The van der Waals surface area contributed by atoms with Crippen molar-refractivity contribution in [2.75, 3.05) is 20.6 Å². The lowest BCUT2D eigenvalue weighted by atomic mass is 10.2. The van der Waals surface area contributed by atoms with Crippen LogP contribution in [0.15, 0.2) is 16.7 Å². The summed E-state index contributed by atoms with van der Waals surface area (Å²) < 4.78 is 0.834. The fourth-order valence-electron chi connectivity index (χ4n) is 2.21. The molecule has 5 nitrogen and oxygen atoms in total. The molecular formula is C12H16BrN3O2. The largest absolute Gasteiger partial charge is 0.356 e. The highest BCUT2D eigenvalue weighted by molar-refractivity contribution is 9.10. The van der Waals surface area contributed by atoms with Crippen molar-refractivity contribution in [1.29, 1.82) is 0 Å². The van der Waals surface area contributed by atoms with Crippen LogP contribution in [0.5, 0.6) is 0 Å². The van der Waals surface area contributed by atoms with Crippen LogP contribution in [0.1, 0.15) is 23.3 Å². The fourth-order valence-corrected chi connectivity index (χ4v) is 2.55. The number of aromatic amines is 1. The van der Waals surface area contributed by atoms with Gasteiger partial charge >= 0.3 is 0 Å². The van der Waals surface area contributed by atoms with Crippen molar-refractivity contribution in [3.8, 4) is 0 Å². The number of halogens is 1. The van der Waals surface area contributed by atoms with E-state index in [0.717, 1.165) is 17.3 Å². The van der Waals surface area contributed by atoms with E-state index in [1.807, 2.05) is 0 Å². The molecule has 1 aliphatic rings. The zero-order valence-corrected chi connectivity index (χ0v) is 12.0. The summed E-state index contributed by atoms with van der Waals surface area (Å²) in [4.78, 5) is 30.4. The van der Waals surface area contributed by atoms with Crippen LogP contribution in [0.25, 0.3) is 0 Å². The minimum atomic E-state index is -0.324. The first-order valence-corrected chi connectivity index (χ1v) is 6.66. The Bertz CT molecular complexity index is 470. The standard InChI is InChI=1S/C12H16BrN3O2/c1-15(2)12(18)10-4-3-5-16(10)11(17)9-6-8(13)7-14-9/h6-7,10,14H,3-5H2,1-2H3. The highest BCUT2D eigenvalue weighted by Gasteiger charge is 2.35. The zero-order chi connectivity index (χ0) is 13.3. The first-order chi connectivity index (χ1) is 8.50. The normalized spacial score (nSPS) is 19.1. The maximum atomic E-state index is 12.3. The number of nitrogens with zero attached hydrogens (tertiary/aromatic N) is 2. The number of rotatable bonds is 2. The Morgan fingerprint density at radius 2 is 2.22 bits per heavy atom. The third kappa shape index (κ3) is 2.43. The summed E-state index contributed by atoms with van der Waals surface area (Å²) in [7, 11) is 3.43. The maximum absolute atomic E-state index is 12.3. The molecule has 1 aliphatic heterocycles. The predicted octanol–water partition coefficient (Wildman–Crippen LogP) is 1.47. The minimum Gasteiger partial charge on any atom is -0.356 e. The van der Waals surface area contributed by atoms with E-state index in [0.29, 0.717) is 12.2 Å². The van der Waals surface area contributed by atoms with Crippen molar-refractivity contribution >= 4 is 27.7 Å². The van der Waals surface area contributed by atoms with Crippen molar-refractivity contribution in [2.24, 2.45) is 0 Å². The number of hydrogen-bond donors (Lipinski definition) is 1. The first kappa shape index (κ1) is 13.1. The molecule has 0 aromatic carbocycles. The lowest BCUT2D eigenvalue weighted by molar-refractivity contribution is -0.132. The maximum Gasteiger partial charge on any atom is 0.270 e. The number of carbonyl (C=O) groups is 2. The van der Waals surface area contributed by atoms with E-state index in [9.17, 15) is 9.59 Å². The Balaban J connectivity index is 2.17. The number of H-pyrrole nitrogens is 1. The zero-order valence-electron chi connectivity index (χ0n) is 10.4. The van der Waals surface area contributed by atoms with E-state index < -0.39 is 0 Å². The molecule has 2 rings (SSSR count). The van der Waals surface area contributed by atoms with Gasteiger partial charge in [0.05, 0.1) is 0 Å². The molecule has 2 heterocycles. The topological polar surface area (TPSA) is 56.4 Å². The van der Waals surface area contributed by atoms with Crippen LogP contribution in [0.4, 0.5) is 0 Å². The lowest BCUT2D eigenvalue weighted by Gasteiger charge is -2.25. The van der Waals surface area contributed by atoms with Crippen LogP contribution < -0.4 is 0 Å². The molecule has 1 saturated heterocycles. The summed E-state index contributed by atoms with van der Waals surface area (Å²) >= 11 is 3.30. The Labute approximate surface area is 114 Å². The van der Waals surface area contributed by atoms with Gasteiger partial charge in [-0.3, -0.25) is 9.59 Å². The summed E-state index contributed by atoms with van der Waals surface area (Å²) in [5.41, 5.74) is 0.514. The van der Waals surface area contributed by atoms with Crippen LogP contribution >= 0.6 is 15.9 Å². The van der Waals surface area contributed by atoms with Gasteiger partial charge in [0, 0.05) is 31.3 Å². The van der Waals surface area contributed by atoms with E-state index in [2.05, 4.69) is 20.9 Å². The average Bonchev–Trinajstić information content (AvgIpc) is 2.95. The number of amides is 2. The Morgan fingerprint density at radius 3 is 2.78 bits per heavy atom. The summed E-state index contributed by atoms with van der Waals surface area (Å²) in [6.45, 7) is 0.639. The van der Waals surface area contributed by atoms with Crippen molar-refractivity contribution in [3.63, 3.8) is 0 Å². The van der Waals surface area contributed by atoms with Gasteiger partial charge in [-0.05, 0) is 34.8 Å². The average molecular weight is 314 g/mol. The molecule has 1 aromatic rings. The van der Waals surface area contributed by atoms with Crippen LogP contribution in [0, 0.1) is 0 Å². The van der Waals surface area contributed by atoms with Crippen molar-refractivity contribution in [3.05, 3.63) is 22.4 Å². The van der Waals surface area contributed by atoms with Gasteiger partial charge in [0.1, 0.15) is 11.7 Å². The molecule has 0 radical (unpaired) electrons. The third-order valence-electron chi connectivity index (χ3n) is 3.12. The molecule has 18 heavy (non-hydrogen) atoms. The Kier molecular flexibility index (Phi) is 3.75. The van der Waals surface area contributed by atoms with Crippen LogP contribution in [-0.2, 0) is 4.79 Å². The first-order valence-electron chi connectivity index (χ1n) is 5.86. The number of likely N-dealkylation sites (N-methyl/N-ethyl adjacent to an activating group) is 1. The molecule has 0 spiro atoms. The monoisotopic (exact) mass is 313 g/mol. The van der Waals surface area contributed by atoms with E-state index in [-0.39, 0.29) is 17.9 Å². The van der Waals surface area contributed by atoms with Crippen molar-refractivity contribution < 1.29 is 9.59 Å². The van der Waals surface area contributed by atoms with E-state index in [1.54, 1.807) is 36.2 Å². The molecule has 2 amide bonds. The quantitative estimate of drug-likeness (QED) is 0.899. The molecule has 98 valence electrons. The smallest absolute Gasteiger partial charge is 0.270 e. The van der Waals surface area contributed by atoms with Gasteiger partial charge in [-0.1, -0.05) is 0 Å². The SMILES string of the molecule is CN(C)C(=O)C1CCCN1C(=O)c1cc(Br)c[nH]1. The molecule has 1 fully saturated rings. The van der Waals surface area contributed by atoms with Crippen molar-refractivity contribution in [2.45, 2.75) is 18.9 Å². The van der Waals surface area contributed by atoms with Crippen LogP contribution in [0.2, 0.25) is 0 Å². The van der Waals surface area contributed by atoms with E-state index >= 15 is 0 Å². The van der Waals surface area contributed by atoms with Crippen LogP contribution in [0.3, 0.4) is 0 Å². The van der Waals surface area contributed by atoms with Crippen LogP contribution in [-0.4, -0.2) is 53.3 Å². The highest BCUT2D eigenvalue weighted by Crippen LogP contribution is 2.22. The number of hydrogen-bond acceptors (Lipinski definition) is 2. The second kappa shape index (κ2) is 5.14. The number of likely N-dealkylation sites (tertiary alicyclic amines) is 1. The van der Waals surface area contributed by atoms with Gasteiger partial charge in [-0.25, -0.2) is 0 Å². The Hall–Kier alpha value is -1.30. The lowest BCUT2D eigenvalue weighted by Crippen LogP contribution is -2.45. The summed E-state index contributed by atoms with van der Waals surface area (Å²) in [6.07, 6.45) is 3.33. The van der Waals surface area contributed by atoms with Gasteiger partial charge in [0.15, 0.2) is 0 Å². The molecule has 1 aromatic heterocycles. The predicted molar refractivity (Wildman–Crippen MR) is 71.2 cm³/mol. The molecule has 1 N–H and O–H groups in total. The van der Waals surface area contributed by atoms with E-state index in [4.69, 9.17) is 0 Å². The van der Waals surface area contributed by atoms with Gasteiger partial charge in [0.25, 0.3) is 5.91 Å². The highest BCUT2D eigenvalue weighted by atomic mass is 79.9. The van der Waals surface area contributed by atoms with Gasteiger partial charge in [-0.2, -0.15) is 0 Å². The summed E-state index contributed by atoms with van der Waals surface area (Å²) in [6, 6.07) is 1.41. The van der Waals surface area contributed by atoms with Gasteiger partial charge in [0.2, 0.25) is 5.91 Å². The minimum absolute atomic E-state index is 0.00790. The van der Waals surface area contributed by atoms with Gasteiger partial charge < -0.3 is 14.8 Å².